The lowest BCUT2D eigenvalue weighted by molar-refractivity contribution is 0.0696. The molecule has 1 fully saturated rings. The van der Waals surface area contributed by atoms with Crippen molar-refractivity contribution < 1.29 is 26.7 Å². The van der Waals surface area contributed by atoms with Crippen molar-refractivity contribution in [3.63, 3.8) is 0 Å². The second-order valence-electron chi connectivity index (χ2n) is 4.67. The van der Waals surface area contributed by atoms with Gasteiger partial charge in [-0.05, 0) is 24.6 Å². The van der Waals surface area contributed by atoms with Gasteiger partial charge in [0.25, 0.3) is 0 Å². The number of sulfonamides is 1. The molecule has 1 unspecified atom stereocenters. The first-order chi connectivity index (χ1) is 9.61. The van der Waals surface area contributed by atoms with Gasteiger partial charge in [0.2, 0.25) is 10.0 Å². The second kappa shape index (κ2) is 5.56. The molecule has 2 N–H and O–H groups in total. The minimum absolute atomic E-state index is 0.0803. The van der Waals surface area contributed by atoms with E-state index in [1.54, 1.807) is 0 Å². The van der Waals surface area contributed by atoms with Gasteiger partial charge < -0.3 is 5.11 Å². The summed E-state index contributed by atoms with van der Waals surface area (Å²) in [7, 11) is -7.33. The number of halogens is 1. The fourth-order valence-electron chi connectivity index (χ4n) is 2.01. The normalized spacial score (nSPS) is 21.3. The van der Waals surface area contributed by atoms with Gasteiger partial charge in [0.15, 0.2) is 9.84 Å². The first kappa shape index (κ1) is 16.2. The smallest absolute Gasteiger partial charge is 0.335 e. The molecule has 0 radical (unpaired) electrons. The van der Waals surface area contributed by atoms with E-state index >= 15 is 0 Å². The van der Waals surface area contributed by atoms with Crippen LogP contribution in [0, 0.1) is 0 Å². The minimum Gasteiger partial charge on any atom is -0.478 e. The number of carboxylic acid groups (broad SMARTS) is 1. The van der Waals surface area contributed by atoms with Crippen LogP contribution >= 0.6 is 11.6 Å². The molecule has 7 nitrogen and oxygen atoms in total. The van der Waals surface area contributed by atoms with Crippen LogP contribution in [0.4, 0.5) is 0 Å². The molecule has 10 heteroatoms. The van der Waals surface area contributed by atoms with Gasteiger partial charge in [-0.25, -0.2) is 26.4 Å². The molecule has 0 aliphatic carbocycles. The highest BCUT2D eigenvalue weighted by molar-refractivity contribution is 7.92. The van der Waals surface area contributed by atoms with E-state index in [2.05, 4.69) is 4.72 Å². The Labute approximate surface area is 126 Å². The maximum atomic E-state index is 12.2. The summed E-state index contributed by atoms with van der Waals surface area (Å²) in [4.78, 5) is 10.5. The van der Waals surface area contributed by atoms with Gasteiger partial charge in [0, 0.05) is 6.04 Å². The molecular weight excluding hydrogens is 342 g/mol. The van der Waals surface area contributed by atoms with Crippen molar-refractivity contribution in [2.45, 2.75) is 17.4 Å². The molecule has 2 rings (SSSR count). The zero-order valence-electron chi connectivity index (χ0n) is 10.6. The third-order valence-corrected chi connectivity index (χ3v) is 6.79. The summed E-state index contributed by atoms with van der Waals surface area (Å²) in [5.41, 5.74) is -0.223. The number of nitrogens with one attached hydrogen (secondary N) is 1. The molecule has 1 atom stereocenters. The number of sulfone groups is 1. The van der Waals surface area contributed by atoms with Crippen LogP contribution in [0.5, 0.6) is 0 Å². The Morgan fingerprint density at radius 3 is 2.57 bits per heavy atom. The van der Waals surface area contributed by atoms with Crippen molar-refractivity contribution in [2.24, 2.45) is 0 Å². The van der Waals surface area contributed by atoms with Crippen LogP contribution < -0.4 is 4.72 Å². The van der Waals surface area contributed by atoms with Gasteiger partial charge in [0.05, 0.1) is 22.1 Å². The average Bonchev–Trinajstić information content (AvgIpc) is 2.67. The summed E-state index contributed by atoms with van der Waals surface area (Å²) >= 11 is 5.80. The van der Waals surface area contributed by atoms with Gasteiger partial charge in [-0.2, -0.15) is 0 Å². The van der Waals surface area contributed by atoms with Crippen molar-refractivity contribution in [3.8, 4) is 0 Å². The largest absolute Gasteiger partial charge is 0.478 e. The molecule has 0 bridgehead atoms. The molecule has 1 aromatic rings. The van der Waals surface area contributed by atoms with E-state index in [0.29, 0.717) is 0 Å². The Balaban J connectivity index is 2.32. The molecule has 116 valence electrons. The average molecular weight is 354 g/mol. The van der Waals surface area contributed by atoms with Crippen LogP contribution in [-0.4, -0.2) is 45.5 Å². The van der Waals surface area contributed by atoms with E-state index in [0.717, 1.165) is 6.07 Å². The van der Waals surface area contributed by atoms with Crippen LogP contribution in [0.25, 0.3) is 0 Å². The highest BCUT2D eigenvalue weighted by Crippen LogP contribution is 2.24. The van der Waals surface area contributed by atoms with Crippen LogP contribution in [0.1, 0.15) is 16.8 Å². The molecule has 1 aromatic carbocycles. The highest BCUT2D eigenvalue weighted by Gasteiger charge is 2.32. The summed E-state index contributed by atoms with van der Waals surface area (Å²) in [6.45, 7) is 0. The Morgan fingerprint density at radius 1 is 1.38 bits per heavy atom. The number of carboxylic acids is 1. The number of benzene rings is 1. The summed E-state index contributed by atoms with van der Waals surface area (Å²) in [6, 6.07) is 2.56. The molecule has 0 spiro atoms. The van der Waals surface area contributed by atoms with Crippen molar-refractivity contribution in [1.29, 1.82) is 0 Å². The fourth-order valence-corrected chi connectivity index (χ4v) is 5.59. The Kier molecular flexibility index (Phi) is 4.29. The molecule has 0 aromatic heterocycles. The third-order valence-electron chi connectivity index (χ3n) is 3.02. The predicted octanol–water partition coefficient (Wildman–Crippen LogP) is 0.504. The molecule has 1 saturated heterocycles. The maximum Gasteiger partial charge on any atom is 0.335 e. The van der Waals surface area contributed by atoms with Gasteiger partial charge in [0.1, 0.15) is 4.90 Å². The minimum atomic E-state index is -4.09. The topological polar surface area (TPSA) is 118 Å². The monoisotopic (exact) mass is 353 g/mol. The van der Waals surface area contributed by atoms with Gasteiger partial charge in [-0.15, -0.1) is 0 Å². The van der Waals surface area contributed by atoms with Crippen LogP contribution in [-0.2, 0) is 19.9 Å². The molecule has 1 aliphatic rings. The van der Waals surface area contributed by atoms with Crippen LogP contribution in [0.15, 0.2) is 23.1 Å². The lowest BCUT2D eigenvalue weighted by atomic mass is 10.2. The van der Waals surface area contributed by atoms with Gasteiger partial charge in [-0.3, -0.25) is 0 Å². The van der Waals surface area contributed by atoms with E-state index in [9.17, 15) is 21.6 Å². The number of aromatic carboxylic acids is 1. The molecule has 21 heavy (non-hydrogen) atoms. The summed E-state index contributed by atoms with van der Waals surface area (Å²) in [5, 5.41) is 8.75. The fraction of sp³-hybridized carbons (Fsp3) is 0.364. The van der Waals surface area contributed by atoms with E-state index in [-0.39, 0.29) is 33.4 Å². The highest BCUT2D eigenvalue weighted by atomic mass is 35.5. The van der Waals surface area contributed by atoms with Crippen molar-refractivity contribution in [2.75, 3.05) is 11.5 Å². The first-order valence-electron chi connectivity index (χ1n) is 5.86. The first-order valence-corrected chi connectivity index (χ1v) is 9.54. The zero-order chi connectivity index (χ0) is 15.8. The quantitative estimate of drug-likeness (QED) is 0.814. The molecule has 1 heterocycles. The van der Waals surface area contributed by atoms with Crippen LogP contribution in [0.2, 0.25) is 5.02 Å². The van der Waals surface area contributed by atoms with Crippen molar-refractivity contribution in [3.05, 3.63) is 28.8 Å². The predicted molar refractivity (Wildman–Crippen MR) is 75.8 cm³/mol. The zero-order valence-corrected chi connectivity index (χ0v) is 13.0. The molecule has 0 amide bonds. The Bertz CT molecular complexity index is 787. The SMILES string of the molecule is O=C(O)c1ccc(Cl)c(S(=O)(=O)NC2CCS(=O)(=O)C2)c1. The molecule has 0 saturated carbocycles. The number of carbonyl (C=O) groups is 1. The Hall–Kier alpha value is -1.16. The van der Waals surface area contributed by atoms with E-state index in [4.69, 9.17) is 16.7 Å². The van der Waals surface area contributed by atoms with E-state index < -0.39 is 31.9 Å². The molecular formula is C11H12ClNO6S2. The summed E-state index contributed by atoms with van der Waals surface area (Å²) in [5.74, 6) is -1.64. The number of hydrogen-bond donors (Lipinski definition) is 2. The Morgan fingerprint density at radius 2 is 2.05 bits per heavy atom. The molecule has 1 aliphatic heterocycles. The van der Waals surface area contributed by atoms with Crippen molar-refractivity contribution in [1.82, 2.24) is 4.72 Å². The summed E-state index contributed by atoms with van der Waals surface area (Å²) < 4.78 is 49.3. The van der Waals surface area contributed by atoms with Crippen LogP contribution in [0.3, 0.4) is 0 Å². The van der Waals surface area contributed by atoms with Gasteiger partial charge >= 0.3 is 5.97 Å². The standard InChI is InChI=1S/C11H12ClNO6S2/c12-9-2-1-7(11(14)15)5-10(9)21(18,19)13-8-3-4-20(16,17)6-8/h1-2,5,8,13H,3-4,6H2,(H,14,15). The maximum absolute atomic E-state index is 12.2. The number of rotatable bonds is 4. The lowest BCUT2D eigenvalue weighted by Gasteiger charge is -2.13. The lowest BCUT2D eigenvalue weighted by Crippen LogP contribution is -2.35. The van der Waals surface area contributed by atoms with Crippen molar-refractivity contribution >= 4 is 37.4 Å². The van der Waals surface area contributed by atoms with Gasteiger partial charge in [-0.1, -0.05) is 11.6 Å². The number of hydrogen-bond acceptors (Lipinski definition) is 5. The van der Waals surface area contributed by atoms with E-state index in [1.165, 1.54) is 12.1 Å². The third kappa shape index (κ3) is 3.73. The van der Waals surface area contributed by atoms with E-state index in [1.807, 2.05) is 0 Å². The second-order valence-corrected chi connectivity index (χ2v) is 8.99. The summed E-state index contributed by atoms with van der Waals surface area (Å²) in [6.07, 6.45) is 0.178.